The average Bonchev–Trinajstić information content (AvgIpc) is 2.38. The molecule has 1 unspecified atom stereocenters. The molecule has 1 aromatic heterocycles. The zero-order valence-corrected chi connectivity index (χ0v) is 10.9. The summed E-state index contributed by atoms with van der Waals surface area (Å²) < 4.78 is 43.1. The molecule has 5 nitrogen and oxygen atoms in total. The van der Waals surface area contributed by atoms with Crippen molar-refractivity contribution in [1.82, 2.24) is 9.97 Å². The molecule has 3 N–H and O–H groups in total. The van der Waals surface area contributed by atoms with Crippen LogP contribution >= 0.6 is 0 Å². The molecule has 1 aromatic rings. The lowest BCUT2D eigenvalue weighted by atomic mass is 10.1. The minimum absolute atomic E-state index is 0.0839. The van der Waals surface area contributed by atoms with Crippen LogP contribution in [0.5, 0.6) is 0 Å². The van der Waals surface area contributed by atoms with E-state index in [1.54, 1.807) is 0 Å². The molecule has 1 aliphatic rings. The molecular weight excluding hydrogens is 273 g/mol. The highest BCUT2D eigenvalue weighted by Gasteiger charge is 2.35. The van der Waals surface area contributed by atoms with E-state index >= 15 is 0 Å². The van der Waals surface area contributed by atoms with Crippen molar-refractivity contribution in [3.8, 4) is 0 Å². The Labute approximate surface area is 114 Å². The molecule has 2 rings (SSSR count). The Morgan fingerprint density at radius 2 is 2.15 bits per heavy atom. The van der Waals surface area contributed by atoms with Crippen LogP contribution in [0.15, 0.2) is 6.07 Å². The van der Waals surface area contributed by atoms with Gasteiger partial charge in [-0.05, 0) is 25.7 Å². The van der Waals surface area contributed by atoms with Crippen molar-refractivity contribution < 1.29 is 17.9 Å². The number of aromatic nitrogens is 2. The largest absolute Gasteiger partial charge is 0.451 e. The van der Waals surface area contributed by atoms with Crippen LogP contribution < -0.4 is 11.1 Å². The van der Waals surface area contributed by atoms with E-state index < -0.39 is 12.0 Å². The average molecular weight is 290 g/mol. The van der Waals surface area contributed by atoms with E-state index in [0.717, 1.165) is 32.3 Å². The van der Waals surface area contributed by atoms with Crippen molar-refractivity contribution in [2.45, 2.75) is 38.0 Å². The summed E-state index contributed by atoms with van der Waals surface area (Å²) in [5.74, 6) is -1.35. The van der Waals surface area contributed by atoms with Crippen LogP contribution in [0.25, 0.3) is 0 Å². The Morgan fingerprint density at radius 3 is 2.80 bits per heavy atom. The van der Waals surface area contributed by atoms with E-state index in [1.807, 2.05) is 0 Å². The molecule has 2 heterocycles. The number of halogens is 3. The third-order valence-corrected chi connectivity index (χ3v) is 3.05. The number of nitrogen functional groups attached to an aromatic ring is 1. The standard InChI is InChI=1S/C12H17F3N4O/c13-12(14,15)11-18-9(16)7-10(19-11)17-5-4-8-3-1-2-6-20-8/h7-8H,1-6H2,(H3,16,17,18,19). The molecule has 20 heavy (non-hydrogen) atoms. The molecule has 1 fully saturated rings. The van der Waals surface area contributed by atoms with E-state index in [1.165, 1.54) is 6.07 Å². The molecule has 112 valence electrons. The van der Waals surface area contributed by atoms with Crippen molar-refractivity contribution in [2.75, 3.05) is 24.2 Å². The van der Waals surface area contributed by atoms with Gasteiger partial charge in [-0.3, -0.25) is 0 Å². The highest BCUT2D eigenvalue weighted by atomic mass is 19.4. The second-order valence-corrected chi connectivity index (χ2v) is 4.70. The Hall–Kier alpha value is -1.57. The van der Waals surface area contributed by atoms with Gasteiger partial charge >= 0.3 is 6.18 Å². The molecular formula is C12H17F3N4O. The maximum atomic E-state index is 12.5. The van der Waals surface area contributed by atoms with Crippen molar-refractivity contribution in [2.24, 2.45) is 0 Å². The summed E-state index contributed by atoms with van der Waals surface area (Å²) in [6.07, 6.45) is -0.521. The SMILES string of the molecule is Nc1cc(NCCC2CCCCO2)nc(C(F)(F)F)n1. The molecule has 8 heteroatoms. The van der Waals surface area contributed by atoms with Gasteiger partial charge in [-0.1, -0.05) is 0 Å². The monoisotopic (exact) mass is 290 g/mol. The van der Waals surface area contributed by atoms with Gasteiger partial charge < -0.3 is 15.8 Å². The summed E-state index contributed by atoms with van der Waals surface area (Å²) in [4.78, 5) is 6.60. The Morgan fingerprint density at radius 1 is 1.35 bits per heavy atom. The van der Waals surface area contributed by atoms with E-state index in [4.69, 9.17) is 10.5 Å². The number of alkyl halides is 3. The molecule has 0 radical (unpaired) electrons. The summed E-state index contributed by atoms with van der Waals surface area (Å²) in [6.45, 7) is 1.24. The third-order valence-electron chi connectivity index (χ3n) is 3.05. The molecule has 1 atom stereocenters. The summed E-state index contributed by atoms with van der Waals surface area (Å²) in [5, 5.41) is 2.83. The Kier molecular flexibility index (Phi) is 4.64. The Balaban J connectivity index is 1.90. The molecule has 0 saturated carbocycles. The number of ether oxygens (including phenoxy) is 1. The maximum Gasteiger partial charge on any atom is 0.451 e. The topological polar surface area (TPSA) is 73.1 Å². The first-order valence-electron chi connectivity index (χ1n) is 6.52. The van der Waals surface area contributed by atoms with Crippen molar-refractivity contribution in [3.05, 3.63) is 11.9 Å². The number of nitrogens with one attached hydrogen (secondary N) is 1. The second-order valence-electron chi connectivity index (χ2n) is 4.70. The van der Waals surface area contributed by atoms with Crippen LogP contribution in [-0.2, 0) is 10.9 Å². The summed E-state index contributed by atoms with van der Waals surface area (Å²) >= 11 is 0. The lowest BCUT2D eigenvalue weighted by molar-refractivity contribution is -0.144. The lowest BCUT2D eigenvalue weighted by Gasteiger charge is -2.22. The minimum atomic E-state index is -4.60. The van der Waals surface area contributed by atoms with Gasteiger partial charge in [0.1, 0.15) is 11.6 Å². The molecule has 0 aliphatic carbocycles. The zero-order chi connectivity index (χ0) is 14.6. The van der Waals surface area contributed by atoms with Gasteiger partial charge in [-0.2, -0.15) is 13.2 Å². The fourth-order valence-corrected chi connectivity index (χ4v) is 2.08. The van der Waals surface area contributed by atoms with Gasteiger partial charge in [-0.15, -0.1) is 0 Å². The fraction of sp³-hybridized carbons (Fsp3) is 0.667. The minimum Gasteiger partial charge on any atom is -0.384 e. The van der Waals surface area contributed by atoms with Gasteiger partial charge in [0.2, 0.25) is 5.82 Å². The maximum absolute atomic E-state index is 12.5. The summed E-state index contributed by atoms with van der Waals surface area (Å²) in [6, 6.07) is 1.29. The number of anilines is 2. The number of hydrogen-bond donors (Lipinski definition) is 2. The van der Waals surface area contributed by atoms with Gasteiger partial charge in [0.05, 0.1) is 6.10 Å². The quantitative estimate of drug-likeness (QED) is 0.891. The van der Waals surface area contributed by atoms with Gasteiger partial charge in [-0.25, -0.2) is 9.97 Å². The zero-order valence-electron chi connectivity index (χ0n) is 10.9. The van der Waals surface area contributed by atoms with Gasteiger partial charge in [0, 0.05) is 19.2 Å². The first kappa shape index (κ1) is 14.8. The van der Waals surface area contributed by atoms with Crippen LogP contribution in [0.3, 0.4) is 0 Å². The predicted octanol–water partition coefficient (Wildman–Crippen LogP) is 2.45. The predicted molar refractivity (Wildman–Crippen MR) is 68.1 cm³/mol. The first-order chi connectivity index (χ1) is 9.45. The van der Waals surface area contributed by atoms with Crippen LogP contribution in [0.1, 0.15) is 31.5 Å². The summed E-state index contributed by atoms with van der Waals surface area (Å²) in [5.41, 5.74) is 5.35. The highest BCUT2D eigenvalue weighted by molar-refractivity contribution is 5.44. The number of rotatable bonds is 4. The van der Waals surface area contributed by atoms with Crippen LogP contribution in [-0.4, -0.2) is 29.2 Å². The van der Waals surface area contributed by atoms with Crippen molar-refractivity contribution in [3.63, 3.8) is 0 Å². The van der Waals surface area contributed by atoms with Crippen LogP contribution in [0, 0.1) is 0 Å². The van der Waals surface area contributed by atoms with Gasteiger partial charge in [0.25, 0.3) is 0 Å². The fourth-order valence-electron chi connectivity index (χ4n) is 2.08. The highest BCUT2D eigenvalue weighted by Crippen LogP contribution is 2.27. The summed E-state index contributed by atoms with van der Waals surface area (Å²) in [7, 11) is 0. The first-order valence-corrected chi connectivity index (χ1v) is 6.52. The van der Waals surface area contributed by atoms with E-state index in [9.17, 15) is 13.2 Å². The molecule has 1 aliphatic heterocycles. The third kappa shape index (κ3) is 4.22. The number of nitrogens with two attached hydrogens (primary N) is 1. The van der Waals surface area contributed by atoms with Crippen molar-refractivity contribution in [1.29, 1.82) is 0 Å². The number of hydrogen-bond acceptors (Lipinski definition) is 5. The smallest absolute Gasteiger partial charge is 0.384 e. The van der Waals surface area contributed by atoms with Gasteiger partial charge in [0.15, 0.2) is 0 Å². The van der Waals surface area contributed by atoms with Crippen LogP contribution in [0.4, 0.5) is 24.8 Å². The molecule has 1 saturated heterocycles. The second kappa shape index (κ2) is 6.25. The molecule has 0 spiro atoms. The Bertz CT molecular complexity index is 447. The molecule has 0 bridgehead atoms. The lowest BCUT2D eigenvalue weighted by Crippen LogP contribution is -2.22. The molecule has 0 amide bonds. The van der Waals surface area contributed by atoms with E-state index in [2.05, 4.69) is 15.3 Å². The number of nitrogens with zero attached hydrogens (tertiary/aromatic N) is 2. The van der Waals surface area contributed by atoms with E-state index in [-0.39, 0.29) is 17.7 Å². The van der Waals surface area contributed by atoms with Crippen molar-refractivity contribution >= 4 is 11.6 Å². The van der Waals surface area contributed by atoms with Crippen LogP contribution in [0.2, 0.25) is 0 Å². The normalized spacial score (nSPS) is 19.9. The van der Waals surface area contributed by atoms with E-state index in [0.29, 0.717) is 6.54 Å². The molecule has 0 aromatic carbocycles.